The summed E-state index contributed by atoms with van der Waals surface area (Å²) in [5.74, 6) is 0. The van der Waals surface area contributed by atoms with Gasteiger partial charge in [0.25, 0.3) is 0 Å². The molecule has 0 saturated carbocycles. The van der Waals surface area contributed by atoms with Crippen molar-refractivity contribution >= 4 is 11.2 Å². The van der Waals surface area contributed by atoms with Gasteiger partial charge in [0.05, 0.1) is 6.33 Å². The van der Waals surface area contributed by atoms with Gasteiger partial charge in [0.15, 0.2) is 5.65 Å². The predicted molar refractivity (Wildman–Crippen MR) is 56.0 cm³/mol. The van der Waals surface area contributed by atoms with Crippen LogP contribution in [0.25, 0.3) is 22.4 Å². The molecule has 2 heterocycles. The number of rotatable bonds is 1. The van der Waals surface area contributed by atoms with E-state index in [1.807, 2.05) is 24.3 Å². The zero-order chi connectivity index (χ0) is 10.1. The normalized spacial score (nSPS) is 10.7. The molecule has 0 spiro atoms. The Morgan fingerprint density at radius 3 is 3.00 bits per heavy atom. The molecule has 1 aromatic carbocycles. The zero-order valence-electron chi connectivity index (χ0n) is 7.81. The maximum absolute atomic E-state index is 4.22. The van der Waals surface area contributed by atoms with Gasteiger partial charge in [0.2, 0.25) is 0 Å². The third-order valence-electron chi connectivity index (χ3n) is 2.18. The number of hydrogen-bond donors (Lipinski definition) is 1. The van der Waals surface area contributed by atoms with Crippen molar-refractivity contribution < 1.29 is 0 Å². The van der Waals surface area contributed by atoms with Gasteiger partial charge in [-0.1, -0.05) is 24.3 Å². The van der Waals surface area contributed by atoms with Crippen molar-refractivity contribution in [1.29, 1.82) is 0 Å². The van der Waals surface area contributed by atoms with E-state index in [0.29, 0.717) is 0 Å². The molecule has 3 aromatic rings. The van der Waals surface area contributed by atoms with Crippen LogP contribution >= 0.6 is 0 Å². The first kappa shape index (κ1) is 8.11. The molecule has 1 radical (unpaired) electrons. The van der Waals surface area contributed by atoms with E-state index in [9.17, 15) is 0 Å². The second kappa shape index (κ2) is 3.16. The molecule has 0 aliphatic heterocycles. The summed E-state index contributed by atoms with van der Waals surface area (Å²) in [4.78, 5) is 15.5. The molecule has 0 saturated heterocycles. The van der Waals surface area contributed by atoms with Crippen LogP contribution in [0.3, 0.4) is 0 Å². The van der Waals surface area contributed by atoms with Crippen LogP contribution in [0.1, 0.15) is 0 Å². The summed E-state index contributed by atoms with van der Waals surface area (Å²) in [6.45, 7) is 0. The molecule has 2 aromatic heterocycles. The van der Waals surface area contributed by atoms with Crippen molar-refractivity contribution in [2.45, 2.75) is 0 Å². The largest absolute Gasteiger partial charge is 0.329 e. The summed E-state index contributed by atoms with van der Waals surface area (Å²) in [6, 6.07) is 10.8. The first-order valence-electron chi connectivity index (χ1n) is 4.56. The maximum atomic E-state index is 4.22. The Bertz CT molecular complexity index is 586. The first-order chi connectivity index (χ1) is 7.45. The Hall–Kier alpha value is -2.23. The van der Waals surface area contributed by atoms with Gasteiger partial charge in [-0.2, -0.15) is 0 Å². The molecular weight excluding hydrogens is 188 g/mol. The van der Waals surface area contributed by atoms with E-state index in [1.54, 1.807) is 6.33 Å². The summed E-state index contributed by atoms with van der Waals surface area (Å²) >= 11 is 0. The van der Waals surface area contributed by atoms with Crippen molar-refractivity contribution in [3.8, 4) is 11.3 Å². The quantitative estimate of drug-likeness (QED) is 0.644. The Labute approximate surface area is 86.0 Å². The molecule has 0 fully saturated rings. The van der Waals surface area contributed by atoms with E-state index in [1.165, 1.54) is 6.33 Å². The van der Waals surface area contributed by atoms with Crippen molar-refractivity contribution in [3.05, 3.63) is 43.0 Å². The molecule has 0 bridgehead atoms. The number of fused-ring (bicyclic) bond motifs is 1. The number of aromatic nitrogens is 4. The molecule has 0 aliphatic carbocycles. The Balaban J connectivity index is 2.31. The second-order valence-electron chi connectivity index (χ2n) is 3.10. The topological polar surface area (TPSA) is 54.5 Å². The summed E-state index contributed by atoms with van der Waals surface area (Å²) in [5, 5.41) is 0. The van der Waals surface area contributed by atoms with E-state index in [2.05, 4.69) is 26.0 Å². The SMILES string of the molecule is [c]1ccccc1-c1ncnc2[nH]cnc12. The van der Waals surface area contributed by atoms with Crippen LogP contribution in [0.2, 0.25) is 0 Å². The lowest BCUT2D eigenvalue weighted by Gasteiger charge is -1.99. The molecule has 4 heteroatoms. The van der Waals surface area contributed by atoms with Crippen LogP contribution in [0.15, 0.2) is 36.9 Å². The summed E-state index contributed by atoms with van der Waals surface area (Å²) < 4.78 is 0. The molecule has 4 nitrogen and oxygen atoms in total. The number of hydrogen-bond acceptors (Lipinski definition) is 3. The van der Waals surface area contributed by atoms with Crippen molar-refractivity contribution in [3.63, 3.8) is 0 Å². The lowest BCUT2D eigenvalue weighted by Crippen LogP contribution is -1.87. The molecule has 0 atom stereocenters. The number of nitrogens with zero attached hydrogens (tertiary/aromatic N) is 3. The highest BCUT2D eigenvalue weighted by Crippen LogP contribution is 2.21. The van der Waals surface area contributed by atoms with Gasteiger partial charge in [-0.15, -0.1) is 0 Å². The number of H-pyrrole nitrogens is 1. The average molecular weight is 195 g/mol. The van der Waals surface area contributed by atoms with Crippen LogP contribution in [-0.2, 0) is 0 Å². The van der Waals surface area contributed by atoms with Crippen molar-refractivity contribution in [1.82, 2.24) is 19.9 Å². The number of aromatic amines is 1. The lowest BCUT2D eigenvalue weighted by atomic mass is 10.1. The second-order valence-corrected chi connectivity index (χ2v) is 3.10. The van der Waals surface area contributed by atoms with Crippen molar-refractivity contribution in [2.24, 2.45) is 0 Å². The van der Waals surface area contributed by atoms with Crippen LogP contribution in [-0.4, -0.2) is 19.9 Å². The Morgan fingerprint density at radius 2 is 2.13 bits per heavy atom. The monoisotopic (exact) mass is 195 g/mol. The van der Waals surface area contributed by atoms with Crippen LogP contribution < -0.4 is 0 Å². The predicted octanol–water partition coefficient (Wildman–Crippen LogP) is 1.82. The summed E-state index contributed by atoms with van der Waals surface area (Å²) in [5.41, 5.74) is 3.26. The van der Waals surface area contributed by atoms with E-state index in [-0.39, 0.29) is 0 Å². The fraction of sp³-hybridized carbons (Fsp3) is 0. The van der Waals surface area contributed by atoms with Gasteiger partial charge in [0.1, 0.15) is 17.5 Å². The lowest BCUT2D eigenvalue weighted by molar-refractivity contribution is 1.20. The van der Waals surface area contributed by atoms with E-state index >= 15 is 0 Å². The average Bonchev–Trinajstić information content (AvgIpc) is 2.78. The minimum absolute atomic E-state index is 0.747. The molecule has 71 valence electrons. The standard InChI is InChI=1S/C11H7N4/c1-2-4-8(5-3-1)9-10-11(14-6-12-9)15-7-13-10/h1-4,6-7H,(H,12,13,14,15). The minimum atomic E-state index is 0.747. The summed E-state index contributed by atoms with van der Waals surface area (Å²) in [7, 11) is 0. The maximum Gasteiger partial charge on any atom is 0.161 e. The molecule has 0 amide bonds. The van der Waals surface area contributed by atoms with Gasteiger partial charge in [-0.25, -0.2) is 15.0 Å². The molecular formula is C11H7N4. The highest BCUT2D eigenvalue weighted by Gasteiger charge is 2.07. The Morgan fingerprint density at radius 1 is 1.13 bits per heavy atom. The zero-order valence-corrected chi connectivity index (χ0v) is 7.81. The number of benzene rings is 1. The van der Waals surface area contributed by atoms with Gasteiger partial charge < -0.3 is 4.98 Å². The number of nitrogens with one attached hydrogen (secondary N) is 1. The number of imidazole rings is 1. The molecule has 0 aliphatic rings. The van der Waals surface area contributed by atoms with Gasteiger partial charge in [0, 0.05) is 5.56 Å². The summed E-state index contributed by atoms with van der Waals surface area (Å²) in [6.07, 6.45) is 3.14. The van der Waals surface area contributed by atoms with Crippen LogP contribution in [0.4, 0.5) is 0 Å². The smallest absolute Gasteiger partial charge is 0.161 e. The van der Waals surface area contributed by atoms with Crippen LogP contribution in [0, 0.1) is 6.07 Å². The third-order valence-corrected chi connectivity index (χ3v) is 2.18. The molecule has 0 unspecified atom stereocenters. The molecule has 1 N–H and O–H groups in total. The minimum Gasteiger partial charge on any atom is -0.329 e. The van der Waals surface area contributed by atoms with E-state index in [0.717, 1.165) is 22.4 Å². The molecule has 15 heavy (non-hydrogen) atoms. The first-order valence-corrected chi connectivity index (χ1v) is 4.56. The van der Waals surface area contributed by atoms with E-state index in [4.69, 9.17) is 0 Å². The molecule has 3 rings (SSSR count). The highest BCUT2D eigenvalue weighted by atomic mass is 15.0. The van der Waals surface area contributed by atoms with Crippen molar-refractivity contribution in [2.75, 3.05) is 0 Å². The third kappa shape index (κ3) is 1.27. The highest BCUT2D eigenvalue weighted by molar-refractivity contribution is 5.86. The van der Waals surface area contributed by atoms with E-state index < -0.39 is 0 Å². The van der Waals surface area contributed by atoms with Gasteiger partial charge >= 0.3 is 0 Å². The fourth-order valence-corrected chi connectivity index (χ4v) is 1.50. The fourth-order valence-electron chi connectivity index (χ4n) is 1.50. The van der Waals surface area contributed by atoms with Gasteiger partial charge in [-0.3, -0.25) is 0 Å². The van der Waals surface area contributed by atoms with Crippen LogP contribution in [0.5, 0.6) is 0 Å². The Kier molecular flexibility index (Phi) is 1.71. The van der Waals surface area contributed by atoms with Gasteiger partial charge in [-0.05, 0) is 6.07 Å².